The van der Waals surface area contributed by atoms with Crippen LogP contribution in [-0.2, 0) is 4.79 Å². The summed E-state index contributed by atoms with van der Waals surface area (Å²) >= 11 is 8.96. The highest BCUT2D eigenvalue weighted by Gasteiger charge is 2.19. The van der Waals surface area contributed by atoms with Gasteiger partial charge in [-0.15, -0.1) is 21.5 Å². The van der Waals surface area contributed by atoms with E-state index in [2.05, 4.69) is 21.6 Å². The van der Waals surface area contributed by atoms with Crippen LogP contribution < -0.4 is 10.1 Å². The molecule has 7 nitrogen and oxygen atoms in total. The topological polar surface area (TPSA) is 92.8 Å². The Kier molecular flexibility index (Phi) is 6.75. The van der Waals surface area contributed by atoms with Crippen LogP contribution in [0.4, 0.5) is 5.00 Å². The fraction of sp³-hybridized carbons (Fsp3) is 0.0909. The largest absolute Gasteiger partial charge is 0.497 e. The zero-order chi connectivity index (χ0) is 22.5. The van der Waals surface area contributed by atoms with Crippen molar-refractivity contribution in [2.45, 2.75) is 5.16 Å². The summed E-state index contributed by atoms with van der Waals surface area (Å²) in [5, 5.41) is 23.9. The second kappa shape index (κ2) is 9.87. The van der Waals surface area contributed by atoms with Gasteiger partial charge in [0, 0.05) is 11.3 Å². The maximum atomic E-state index is 12.5. The maximum absolute atomic E-state index is 12.5. The van der Waals surface area contributed by atoms with Gasteiger partial charge in [-0.1, -0.05) is 35.5 Å². The van der Waals surface area contributed by atoms with E-state index in [9.17, 15) is 4.79 Å². The molecule has 0 spiro atoms. The quantitative estimate of drug-likeness (QED) is 0.362. The predicted molar refractivity (Wildman–Crippen MR) is 127 cm³/mol. The number of halogens is 1. The predicted octanol–water partition coefficient (Wildman–Crippen LogP) is 5.26. The lowest BCUT2D eigenvalue weighted by Crippen LogP contribution is -2.14. The number of thiophene rings is 1. The summed E-state index contributed by atoms with van der Waals surface area (Å²) in [6.07, 6.45) is 0. The zero-order valence-electron chi connectivity index (χ0n) is 16.8. The second-order valence-electron chi connectivity index (χ2n) is 6.43. The Bertz CT molecular complexity index is 1290. The van der Waals surface area contributed by atoms with E-state index < -0.39 is 0 Å². The van der Waals surface area contributed by atoms with Crippen LogP contribution in [0.25, 0.3) is 17.1 Å². The number of methoxy groups -OCH3 is 1. The van der Waals surface area contributed by atoms with Crippen LogP contribution in [0.1, 0.15) is 5.56 Å². The fourth-order valence-corrected chi connectivity index (χ4v) is 4.66. The van der Waals surface area contributed by atoms with Gasteiger partial charge in [-0.25, -0.2) is 0 Å². The molecule has 4 aromatic rings. The van der Waals surface area contributed by atoms with E-state index in [1.807, 2.05) is 47.0 Å². The number of anilines is 1. The van der Waals surface area contributed by atoms with Crippen LogP contribution in [-0.4, -0.2) is 33.5 Å². The van der Waals surface area contributed by atoms with Crippen molar-refractivity contribution < 1.29 is 9.53 Å². The van der Waals surface area contributed by atoms with E-state index in [0.717, 1.165) is 17.0 Å². The molecule has 0 aliphatic carbocycles. The lowest BCUT2D eigenvalue weighted by atomic mass is 10.2. The van der Waals surface area contributed by atoms with Crippen molar-refractivity contribution in [1.29, 1.82) is 5.26 Å². The van der Waals surface area contributed by atoms with Gasteiger partial charge in [0.1, 0.15) is 16.8 Å². The van der Waals surface area contributed by atoms with Crippen molar-refractivity contribution in [2.75, 3.05) is 18.2 Å². The van der Waals surface area contributed by atoms with Gasteiger partial charge < -0.3 is 10.1 Å². The first-order valence-corrected chi connectivity index (χ1v) is 11.6. The van der Waals surface area contributed by atoms with Gasteiger partial charge in [-0.05, 0) is 47.8 Å². The first-order chi connectivity index (χ1) is 15.6. The summed E-state index contributed by atoms with van der Waals surface area (Å²) in [4.78, 5) is 12.5. The molecule has 0 fully saturated rings. The molecule has 0 atom stereocenters. The average Bonchev–Trinajstić information content (AvgIpc) is 3.44. The molecule has 10 heteroatoms. The van der Waals surface area contributed by atoms with Crippen molar-refractivity contribution in [3.05, 3.63) is 70.6 Å². The Labute approximate surface area is 197 Å². The van der Waals surface area contributed by atoms with Crippen LogP contribution in [0.3, 0.4) is 0 Å². The molecule has 32 heavy (non-hydrogen) atoms. The number of hydrogen-bond acceptors (Lipinski definition) is 7. The molecular formula is C22H16ClN5O2S2. The van der Waals surface area contributed by atoms with Gasteiger partial charge in [0.15, 0.2) is 11.0 Å². The molecule has 0 aliphatic rings. The summed E-state index contributed by atoms with van der Waals surface area (Å²) < 4.78 is 7.11. The number of rotatable bonds is 7. The molecule has 0 radical (unpaired) electrons. The van der Waals surface area contributed by atoms with Crippen LogP contribution >= 0.6 is 34.7 Å². The molecule has 2 heterocycles. The molecule has 0 saturated carbocycles. The SMILES string of the molecule is COc1ccc(-n2c(SCC(=O)Nc3sccc3C#N)nnc2-c2ccccc2Cl)cc1. The molecule has 2 aromatic carbocycles. The van der Waals surface area contributed by atoms with E-state index in [1.54, 1.807) is 24.6 Å². The summed E-state index contributed by atoms with van der Waals surface area (Å²) in [6.45, 7) is 0. The number of carbonyl (C=O) groups is 1. The molecule has 0 unspecified atom stereocenters. The lowest BCUT2D eigenvalue weighted by Gasteiger charge is -2.12. The minimum Gasteiger partial charge on any atom is -0.497 e. The average molecular weight is 482 g/mol. The molecule has 0 bridgehead atoms. The first kappa shape index (κ1) is 21.9. The Morgan fingerprint density at radius 1 is 1.22 bits per heavy atom. The minimum absolute atomic E-state index is 0.0968. The van der Waals surface area contributed by atoms with Gasteiger partial charge in [0.05, 0.1) is 23.4 Å². The number of ether oxygens (including phenoxy) is 1. The van der Waals surface area contributed by atoms with Gasteiger partial charge in [-0.3, -0.25) is 9.36 Å². The van der Waals surface area contributed by atoms with Crippen molar-refractivity contribution in [3.63, 3.8) is 0 Å². The Hall–Kier alpha value is -3.32. The third kappa shape index (κ3) is 4.62. The number of thioether (sulfide) groups is 1. The molecule has 0 saturated heterocycles. The molecule has 2 aromatic heterocycles. The Morgan fingerprint density at radius 3 is 2.72 bits per heavy atom. The number of benzene rings is 2. The van der Waals surface area contributed by atoms with Crippen molar-refractivity contribution in [2.24, 2.45) is 0 Å². The van der Waals surface area contributed by atoms with Gasteiger partial charge >= 0.3 is 0 Å². The summed E-state index contributed by atoms with van der Waals surface area (Å²) in [7, 11) is 1.61. The van der Waals surface area contributed by atoms with Crippen LogP contribution in [0, 0.1) is 11.3 Å². The Morgan fingerprint density at radius 2 is 2.00 bits per heavy atom. The fourth-order valence-electron chi connectivity index (χ4n) is 2.93. The highest BCUT2D eigenvalue weighted by molar-refractivity contribution is 7.99. The minimum atomic E-state index is -0.238. The van der Waals surface area contributed by atoms with Gasteiger partial charge in [0.25, 0.3) is 0 Å². The van der Waals surface area contributed by atoms with E-state index in [-0.39, 0.29) is 11.7 Å². The Balaban J connectivity index is 1.63. The summed E-state index contributed by atoms with van der Waals surface area (Å²) in [5.74, 6) is 1.14. The normalized spacial score (nSPS) is 10.5. The number of hydrogen-bond donors (Lipinski definition) is 1. The van der Waals surface area contributed by atoms with E-state index in [1.165, 1.54) is 23.1 Å². The number of amides is 1. The van der Waals surface area contributed by atoms with Crippen molar-refractivity contribution in [1.82, 2.24) is 14.8 Å². The smallest absolute Gasteiger partial charge is 0.235 e. The van der Waals surface area contributed by atoms with Crippen molar-refractivity contribution in [3.8, 4) is 28.9 Å². The highest BCUT2D eigenvalue weighted by Crippen LogP contribution is 2.32. The molecule has 1 amide bonds. The molecular weight excluding hydrogens is 466 g/mol. The highest BCUT2D eigenvalue weighted by atomic mass is 35.5. The third-order valence-electron chi connectivity index (χ3n) is 4.45. The second-order valence-corrected chi connectivity index (χ2v) is 8.70. The first-order valence-electron chi connectivity index (χ1n) is 9.35. The van der Waals surface area contributed by atoms with Crippen LogP contribution in [0.5, 0.6) is 5.75 Å². The number of carbonyl (C=O) groups excluding carboxylic acids is 1. The third-order valence-corrected chi connectivity index (χ3v) is 6.54. The molecule has 0 aliphatic heterocycles. The maximum Gasteiger partial charge on any atom is 0.235 e. The van der Waals surface area contributed by atoms with E-state index in [0.29, 0.717) is 26.6 Å². The van der Waals surface area contributed by atoms with Crippen LogP contribution in [0.2, 0.25) is 5.02 Å². The standard InChI is InChI=1S/C22H16ClN5O2S2/c1-30-16-8-6-15(7-9-16)28-20(17-4-2-3-5-18(17)23)26-27-22(28)32-13-19(29)25-21-14(12-24)10-11-31-21/h2-11H,13H2,1H3,(H,25,29). The summed E-state index contributed by atoms with van der Waals surface area (Å²) in [6, 6.07) is 18.6. The number of nitrogens with one attached hydrogen (secondary N) is 1. The number of aromatic nitrogens is 3. The monoisotopic (exact) mass is 481 g/mol. The van der Waals surface area contributed by atoms with Crippen LogP contribution in [0.15, 0.2) is 65.1 Å². The number of nitriles is 1. The number of nitrogens with zero attached hydrogens (tertiary/aromatic N) is 4. The lowest BCUT2D eigenvalue weighted by molar-refractivity contribution is -0.113. The molecule has 1 N–H and O–H groups in total. The van der Waals surface area contributed by atoms with Crippen molar-refractivity contribution >= 4 is 45.6 Å². The molecule has 4 rings (SSSR count). The van der Waals surface area contributed by atoms with E-state index >= 15 is 0 Å². The van der Waals surface area contributed by atoms with Gasteiger partial charge in [0.2, 0.25) is 5.91 Å². The summed E-state index contributed by atoms with van der Waals surface area (Å²) in [5.41, 5.74) is 1.97. The van der Waals surface area contributed by atoms with Gasteiger partial charge in [-0.2, -0.15) is 5.26 Å². The zero-order valence-corrected chi connectivity index (χ0v) is 19.2. The molecule has 160 valence electrons. The van der Waals surface area contributed by atoms with E-state index in [4.69, 9.17) is 21.6 Å².